The molecule has 0 radical (unpaired) electrons. The van der Waals surface area contributed by atoms with Crippen molar-refractivity contribution < 1.29 is 8.42 Å². The van der Waals surface area contributed by atoms with Crippen LogP contribution in [0.2, 0.25) is 0 Å². The first-order chi connectivity index (χ1) is 8.31. The van der Waals surface area contributed by atoms with E-state index in [1.165, 1.54) is 16.0 Å². The summed E-state index contributed by atoms with van der Waals surface area (Å²) in [5.41, 5.74) is 1.05. The van der Waals surface area contributed by atoms with Crippen LogP contribution in [-0.4, -0.2) is 28.4 Å². The van der Waals surface area contributed by atoms with Crippen molar-refractivity contribution in [3.63, 3.8) is 0 Å². The molecule has 0 amide bonds. The normalized spacial score (nSPS) is 11.8. The highest BCUT2D eigenvalue weighted by molar-refractivity contribution is 7.93. The van der Waals surface area contributed by atoms with Crippen LogP contribution in [0.25, 0.3) is 0 Å². The predicted octanol–water partition coefficient (Wildman–Crippen LogP) is 0.998. The van der Waals surface area contributed by atoms with E-state index in [2.05, 4.69) is 20.0 Å². The monoisotopic (exact) mass is 287 g/mol. The molecule has 7 nitrogen and oxygen atoms in total. The van der Waals surface area contributed by atoms with Gasteiger partial charge in [-0.1, -0.05) is 11.3 Å². The summed E-state index contributed by atoms with van der Waals surface area (Å²) in [5.74, 6) is 0. The van der Waals surface area contributed by atoms with Gasteiger partial charge in [0.1, 0.15) is 9.90 Å². The summed E-state index contributed by atoms with van der Waals surface area (Å²) in [6.07, 6.45) is 0. The van der Waals surface area contributed by atoms with Gasteiger partial charge in [0.15, 0.2) is 0 Å². The average Bonchev–Trinajstić information content (AvgIpc) is 2.72. The number of hydrogen-bond donors (Lipinski definition) is 1. The van der Waals surface area contributed by atoms with Gasteiger partial charge in [-0.25, -0.2) is 8.42 Å². The SMILES string of the molecule is Cc1nnc(NS(=O)(=O)c2c(C)nn(C)c2C)s1. The first-order valence-electron chi connectivity index (χ1n) is 5.14. The molecule has 0 aromatic carbocycles. The van der Waals surface area contributed by atoms with E-state index in [9.17, 15) is 8.42 Å². The van der Waals surface area contributed by atoms with Crippen LogP contribution >= 0.6 is 11.3 Å². The number of aromatic nitrogens is 4. The minimum Gasteiger partial charge on any atom is -0.271 e. The zero-order valence-electron chi connectivity index (χ0n) is 10.4. The van der Waals surface area contributed by atoms with Gasteiger partial charge >= 0.3 is 0 Å². The molecule has 0 aliphatic heterocycles. The molecule has 0 bridgehead atoms. The van der Waals surface area contributed by atoms with Gasteiger partial charge in [0.25, 0.3) is 10.0 Å². The lowest BCUT2D eigenvalue weighted by molar-refractivity contribution is 0.599. The molecule has 0 atom stereocenters. The van der Waals surface area contributed by atoms with E-state index >= 15 is 0 Å². The van der Waals surface area contributed by atoms with Gasteiger partial charge < -0.3 is 0 Å². The van der Waals surface area contributed by atoms with Crippen molar-refractivity contribution >= 4 is 26.5 Å². The van der Waals surface area contributed by atoms with E-state index in [0.717, 1.165) is 0 Å². The second kappa shape index (κ2) is 4.32. The molecule has 0 saturated heterocycles. The Balaban J connectivity index is 2.43. The van der Waals surface area contributed by atoms with Crippen LogP contribution in [0.1, 0.15) is 16.4 Å². The standard InChI is InChI=1S/C9H13N5O2S2/c1-5-8(6(2)14(4)12-5)18(15,16)13-9-11-10-7(3)17-9/h1-4H3,(H,11,13). The van der Waals surface area contributed by atoms with Crippen molar-refractivity contribution in [2.75, 3.05) is 4.72 Å². The molecule has 9 heteroatoms. The number of hydrogen-bond acceptors (Lipinski definition) is 6. The lowest BCUT2D eigenvalue weighted by Crippen LogP contribution is -2.14. The lowest BCUT2D eigenvalue weighted by atomic mass is 10.4. The molecule has 0 spiro atoms. The molecule has 2 aromatic heterocycles. The third kappa shape index (κ3) is 2.23. The van der Waals surface area contributed by atoms with Crippen LogP contribution in [0, 0.1) is 20.8 Å². The highest BCUT2D eigenvalue weighted by Gasteiger charge is 2.24. The number of anilines is 1. The first-order valence-corrected chi connectivity index (χ1v) is 7.44. The quantitative estimate of drug-likeness (QED) is 0.909. The number of nitrogens with zero attached hydrogens (tertiary/aromatic N) is 4. The van der Waals surface area contributed by atoms with Crippen molar-refractivity contribution in [2.45, 2.75) is 25.7 Å². The minimum atomic E-state index is -3.67. The summed E-state index contributed by atoms with van der Waals surface area (Å²) in [6, 6.07) is 0. The van der Waals surface area contributed by atoms with Crippen molar-refractivity contribution in [3.8, 4) is 0 Å². The van der Waals surface area contributed by atoms with Gasteiger partial charge in [0, 0.05) is 7.05 Å². The van der Waals surface area contributed by atoms with Crippen molar-refractivity contribution in [2.24, 2.45) is 7.05 Å². The Morgan fingerprint density at radius 3 is 2.33 bits per heavy atom. The molecule has 2 rings (SSSR count). The number of aryl methyl sites for hydroxylation is 3. The second-order valence-electron chi connectivity index (χ2n) is 3.86. The first kappa shape index (κ1) is 13.0. The summed E-state index contributed by atoms with van der Waals surface area (Å²) < 4.78 is 28.4. The van der Waals surface area contributed by atoms with Crippen LogP contribution in [0.4, 0.5) is 5.13 Å². The van der Waals surface area contributed by atoms with Gasteiger partial charge in [0.05, 0.1) is 11.4 Å². The zero-order valence-corrected chi connectivity index (χ0v) is 12.1. The average molecular weight is 287 g/mol. The smallest absolute Gasteiger partial charge is 0.267 e. The van der Waals surface area contributed by atoms with Crippen molar-refractivity contribution in [1.29, 1.82) is 0 Å². The fourth-order valence-corrected chi connectivity index (χ4v) is 3.91. The highest BCUT2D eigenvalue weighted by Crippen LogP contribution is 2.23. The van der Waals surface area contributed by atoms with E-state index in [0.29, 0.717) is 16.4 Å². The summed E-state index contributed by atoms with van der Waals surface area (Å²) in [5, 5.41) is 12.6. The maximum absolute atomic E-state index is 12.2. The van der Waals surface area contributed by atoms with Crippen molar-refractivity contribution in [3.05, 3.63) is 16.4 Å². The van der Waals surface area contributed by atoms with Crippen LogP contribution in [-0.2, 0) is 17.1 Å². The minimum absolute atomic E-state index is 0.192. The van der Waals surface area contributed by atoms with Gasteiger partial charge in [-0.05, 0) is 20.8 Å². The Kier molecular flexibility index (Phi) is 3.11. The fourth-order valence-electron chi connectivity index (χ4n) is 1.65. The van der Waals surface area contributed by atoms with Crippen LogP contribution in [0.5, 0.6) is 0 Å². The van der Waals surface area contributed by atoms with Crippen molar-refractivity contribution in [1.82, 2.24) is 20.0 Å². The summed E-state index contributed by atoms with van der Waals surface area (Å²) >= 11 is 1.19. The summed E-state index contributed by atoms with van der Waals surface area (Å²) in [4.78, 5) is 0.192. The maximum Gasteiger partial charge on any atom is 0.267 e. The largest absolute Gasteiger partial charge is 0.271 e. The zero-order chi connectivity index (χ0) is 13.5. The Bertz CT molecular complexity index is 686. The molecule has 2 heterocycles. The molecule has 0 aliphatic carbocycles. The van der Waals surface area contributed by atoms with E-state index < -0.39 is 10.0 Å². The molecule has 0 unspecified atom stereocenters. The molecule has 0 saturated carbocycles. The molecular weight excluding hydrogens is 274 g/mol. The summed E-state index contributed by atoms with van der Waals surface area (Å²) in [6.45, 7) is 5.13. The number of nitrogens with one attached hydrogen (secondary N) is 1. The Labute approximate surface area is 109 Å². The number of sulfonamides is 1. The molecular formula is C9H13N5O2S2. The van der Waals surface area contributed by atoms with Gasteiger partial charge in [-0.3, -0.25) is 9.40 Å². The third-order valence-corrected chi connectivity index (χ3v) is 4.93. The molecule has 0 aliphatic rings. The fraction of sp³-hybridized carbons (Fsp3) is 0.444. The van der Waals surface area contributed by atoms with Gasteiger partial charge in [-0.15, -0.1) is 10.2 Å². The summed E-state index contributed by atoms with van der Waals surface area (Å²) in [7, 11) is -1.96. The number of rotatable bonds is 3. The Hall–Kier alpha value is -1.48. The van der Waals surface area contributed by atoms with Crippen LogP contribution in [0.3, 0.4) is 0 Å². The van der Waals surface area contributed by atoms with Gasteiger partial charge in [0.2, 0.25) is 5.13 Å². The Morgan fingerprint density at radius 1 is 1.22 bits per heavy atom. The molecule has 18 heavy (non-hydrogen) atoms. The van der Waals surface area contributed by atoms with Crippen LogP contribution in [0.15, 0.2) is 4.90 Å². The molecule has 0 fully saturated rings. The molecule has 98 valence electrons. The van der Waals surface area contributed by atoms with Crippen LogP contribution < -0.4 is 4.72 Å². The van der Waals surface area contributed by atoms with E-state index in [1.807, 2.05) is 0 Å². The third-order valence-electron chi connectivity index (χ3n) is 2.46. The predicted molar refractivity (Wildman–Crippen MR) is 68.1 cm³/mol. The second-order valence-corrected chi connectivity index (χ2v) is 6.66. The topological polar surface area (TPSA) is 89.8 Å². The molecule has 1 N–H and O–H groups in total. The lowest BCUT2D eigenvalue weighted by Gasteiger charge is -2.04. The van der Waals surface area contributed by atoms with E-state index in [4.69, 9.17) is 0 Å². The van der Waals surface area contributed by atoms with E-state index in [-0.39, 0.29) is 10.0 Å². The highest BCUT2D eigenvalue weighted by atomic mass is 32.2. The maximum atomic E-state index is 12.2. The molecule has 2 aromatic rings. The van der Waals surface area contributed by atoms with E-state index in [1.54, 1.807) is 27.8 Å². The Morgan fingerprint density at radius 2 is 1.89 bits per heavy atom. The van der Waals surface area contributed by atoms with Gasteiger partial charge in [-0.2, -0.15) is 5.10 Å².